The summed E-state index contributed by atoms with van der Waals surface area (Å²) in [6.45, 7) is 0. The Hall–Kier alpha value is -1.94. The lowest BCUT2D eigenvalue weighted by atomic mass is 9.97. The molecule has 0 aliphatic rings. The molecule has 0 radical (unpaired) electrons. The quantitative estimate of drug-likeness (QED) is 0.571. The van der Waals surface area contributed by atoms with E-state index in [-0.39, 0.29) is 6.04 Å². The van der Waals surface area contributed by atoms with Crippen molar-refractivity contribution in [3.8, 4) is 0 Å². The fraction of sp³-hybridized carbons (Fsp3) is 0.118. The fourth-order valence-corrected chi connectivity index (χ4v) is 2.65. The third-order valence-corrected chi connectivity index (χ3v) is 3.89. The van der Waals surface area contributed by atoms with Gasteiger partial charge in [-0.3, -0.25) is 16.3 Å². The van der Waals surface area contributed by atoms with Gasteiger partial charge >= 0.3 is 0 Å². The van der Waals surface area contributed by atoms with Gasteiger partial charge in [-0.1, -0.05) is 41.9 Å². The van der Waals surface area contributed by atoms with Gasteiger partial charge in [0.05, 0.1) is 11.6 Å². The summed E-state index contributed by atoms with van der Waals surface area (Å²) in [6.07, 6.45) is 2.63. The Balaban J connectivity index is 1.94. The van der Waals surface area contributed by atoms with Crippen LogP contribution < -0.4 is 11.3 Å². The molecular formula is C17H16ClN3. The maximum Gasteiger partial charge on any atom is 0.0704 e. The number of halogens is 1. The first-order valence-corrected chi connectivity index (χ1v) is 7.20. The van der Waals surface area contributed by atoms with E-state index < -0.39 is 0 Å². The molecule has 106 valence electrons. The van der Waals surface area contributed by atoms with Gasteiger partial charge in [-0.25, -0.2) is 0 Å². The lowest BCUT2D eigenvalue weighted by molar-refractivity contribution is 0.553. The van der Waals surface area contributed by atoms with Gasteiger partial charge in [0.1, 0.15) is 0 Å². The molecule has 0 aliphatic heterocycles. The Morgan fingerprint density at radius 3 is 2.57 bits per heavy atom. The van der Waals surface area contributed by atoms with Gasteiger partial charge in [-0.05, 0) is 41.8 Å². The average molecular weight is 298 g/mol. The Morgan fingerprint density at radius 2 is 1.81 bits per heavy atom. The molecule has 0 amide bonds. The lowest BCUT2D eigenvalue weighted by Gasteiger charge is -2.17. The van der Waals surface area contributed by atoms with Gasteiger partial charge < -0.3 is 0 Å². The molecule has 1 unspecified atom stereocenters. The van der Waals surface area contributed by atoms with Crippen LogP contribution in [0.3, 0.4) is 0 Å². The molecule has 0 spiro atoms. The zero-order valence-corrected chi connectivity index (χ0v) is 12.2. The van der Waals surface area contributed by atoms with Crippen LogP contribution in [0.4, 0.5) is 0 Å². The minimum atomic E-state index is 0.0353. The molecule has 0 saturated carbocycles. The van der Waals surface area contributed by atoms with Gasteiger partial charge in [0.2, 0.25) is 0 Å². The number of benzene rings is 2. The number of aromatic nitrogens is 1. The molecule has 0 saturated heterocycles. The van der Waals surface area contributed by atoms with Crippen LogP contribution in [0.2, 0.25) is 5.02 Å². The Morgan fingerprint density at radius 1 is 1.05 bits per heavy atom. The molecule has 2 aromatic carbocycles. The van der Waals surface area contributed by atoms with E-state index in [2.05, 4.69) is 16.5 Å². The summed E-state index contributed by atoms with van der Waals surface area (Å²) in [5.41, 5.74) is 6.22. The lowest BCUT2D eigenvalue weighted by Crippen LogP contribution is -2.29. The minimum Gasteiger partial charge on any atom is -0.271 e. The third kappa shape index (κ3) is 3.05. The van der Waals surface area contributed by atoms with Crippen molar-refractivity contribution < 1.29 is 0 Å². The summed E-state index contributed by atoms with van der Waals surface area (Å²) in [4.78, 5) is 4.39. The van der Waals surface area contributed by atoms with Crippen LogP contribution in [0.5, 0.6) is 0 Å². The van der Waals surface area contributed by atoms with E-state index in [0.29, 0.717) is 0 Å². The van der Waals surface area contributed by atoms with Crippen LogP contribution in [0.1, 0.15) is 17.2 Å². The largest absolute Gasteiger partial charge is 0.271 e. The number of nitrogens with two attached hydrogens (primary N) is 1. The highest BCUT2D eigenvalue weighted by atomic mass is 35.5. The SMILES string of the molecule is NNC(Cc1ccnc2ccccc12)c1ccc(Cl)cc1. The van der Waals surface area contributed by atoms with Crippen molar-refractivity contribution in [2.24, 2.45) is 5.84 Å². The number of fused-ring (bicyclic) bond motifs is 1. The highest BCUT2D eigenvalue weighted by molar-refractivity contribution is 6.30. The van der Waals surface area contributed by atoms with Crippen molar-refractivity contribution >= 4 is 22.5 Å². The van der Waals surface area contributed by atoms with E-state index in [1.54, 1.807) is 0 Å². The van der Waals surface area contributed by atoms with Gasteiger partial charge in [0.15, 0.2) is 0 Å². The number of hydrogen-bond donors (Lipinski definition) is 2. The molecule has 3 nitrogen and oxygen atoms in total. The number of nitrogens with one attached hydrogen (secondary N) is 1. The van der Waals surface area contributed by atoms with Crippen molar-refractivity contribution in [3.05, 3.63) is 76.9 Å². The molecule has 1 atom stereocenters. The second-order valence-electron chi connectivity index (χ2n) is 4.96. The van der Waals surface area contributed by atoms with Crippen molar-refractivity contribution in [2.45, 2.75) is 12.5 Å². The summed E-state index contributed by atoms with van der Waals surface area (Å²) >= 11 is 5.94. The van der Waals surface area contributed by atoms with Crippen LogP contribution in [0.25, 0.3) is 10.9 Å². The molecule has 21 heavy (non-hydrogen) atoms. The average Bonchev–Trinajstić information content (AvgIpc) is 2.54. The highest BCUT2D eigenvalue weighted by Gasteiger charge is 2.12. The number of pyridine rings is 1. The molecule has 0 fully saturated rings. The smallest absolute Gasteiger partial charge is 0.0704 e. The van der Waals surface area contributed by atoms with Crippen molar-refractivity contribution in [2.75, 3.05) is 0 Å². The van der Waals surface area contributed by atoms with Gasteiger partial charge in [-0.15, -0.1) is 0 Å². The predicted molar refractivity (Wildman–Crippen MR) is 87.0 cm³/mol. The first-order chi connectivity index (χ1) is 10.3. The van der Waals surface area contributed by atoms with Gasteiger partial charge in [0, 0.05) is 16.6 Å². The number of hydrogen-bond acceptors (Lipinski definition) is 3. The monoisotopic (exact) mass is 297 g/mol. The highest BCUT2D eigenvalue weighted by Crippen LogP contribution is 2.24. The number of hydrazine groups is 1. The molecule has 1 aromatic heterocycles. The fourth-order valence-electron chi connectivity index (χ4n) is 2.52. The Bertz CT molecular complexity index is 735. The van der Waals surface area contributed by atoms with E-state index in [1.165, 1.54) is 5.56 Å². The van der Waals surface area contributed by atoms with E-state index in [1.807, 2.05) is 54.7 Å². The van der Waals surface area contributed by atoms with Gasteiger partial charge in [0.25, 0.3) is 0 Å². The third-order valence-electron chi connectivity index (χ3n) is 3.64. The van der Waals surface area contributed by atoms with E-state index in [4.69, 9.17) is 17.4 Å². The molecule has 4 heteroatoms. The molecule has 3 N–H and O–H groups in total. The molecule has 0 aliphatic carbocycles. The molecule has 3 aromatic rings. The first-order valence-electron chi connectivity index (χ1n) is 6.82. The Labute approximate surface area is 128 Å². The molecule has 0 bridgehead atoms. The van der Waals surface area contributed by atoms with Gasteiger partial charge in [-0.2, -0.15) is 0 Å². The Kier molecular flexibility index (Phi) is 4.15. The maximum atomic E-state index is 5.94. The zero-order chi connectivity index (χ0) is 14.7. The van der Waals surface area contributed by atoms with E-state index >= 15 is 0 Å². The van der Waals surface area contributed by atoms with Crippen molar-refractivity contribution in [1.82, 2.24) is 10.4 Å². The van der Waals surface area contributed by atoms with Crippen LogP contribution in [-0.2, 0) is 6.42 Å². The second-order valence-corrected chi connectivity index (χ2v) is 5.40. The summed E-state index contributed by atoms with van der Waals surface area (Å²) in [6, 6.07) is 18.0. The minimum absolute atomic E-state index is 0.0353. The van der Waals surface area contributed by atoms with E-state index in [0.717, 1.165) is 27.9 Å². The molecular weight excluding hydrogens is 282 g/mol. The van der Waals surface area contributed by atoms with Crippen LogP contribution in [0.15, 0.2) is 60.8 Å². The maximum absolute atomic E-state index is 5.94. The number of nitrogens with zero attached hydrogens (tertiary/aromatic N) is 1. The summed E-state index contributed by atoms with van der Waals surface area (Å²) in [7, 11) is 0. The topological polar surface area (TPSA) is 50.9 Å². The summed E-state index contributed by atoms with van der Waals surface area (Å²) < 4.78 is 0. The van der Waals surface area contributed by atoms with Crippen LogP contribution >= 0.6 is 11.6 Å². The van der Waals surface area contributed by atoms with E-state index in [9.17, 15) is 0 Å². The van der Waals surface area contributed by atoms with Crippen LogP contribution in [-0.4, -0.2) is 4.98 Å². The summed E-state index contributed by atoms with van der Waals surface area (Å²) in [5, 5.41) is 1.89. The predicted octanol–water partition coefficient (Wildman–Crippen LogP) is 3.64. The standard InChI is InChI=1S/C17H16ClN3/c18-14-7-5-12(6-8-14)17(21-19)11-13-9-10-20-16-4-2-1-3-15(13)16/h1-10,17,21H,11,19H2. The normalized spacial score (nSPS) is 12.5. The molecule has 3 rings (SSSR count). The number of rotatable bonds is 4. The van der Waals surface area contributed by atoms with Crippen molar-refractivity contribution in [3.63, 3.8) is 0 Å². The van der Waals surface area contributed by atoms with Crippen molar-refractivity contribution in [1.29, 1.82) is 0 Å². The number of para-hydroxylation sites is 1. The molecule has 1 heterocycles. The van der Waals surface area contributed by atoms with Crippen LogP contribution in [0, 0.1) is 0 Å². The second kappa shape index (κ2) is 6.22. The zero-order valence-electron chi connectivity index (χ0n) is 11.5. The summed E-state index contributed by atoms with van der Waals surface area (Å²) in [5.74, 6) is 5.74. The first kappa shape index (κ1) is 14.0.